The van der Waals surface area contributed by atoms with E-state index in [1.165, 1.54) is 25.3 Å². The van der Waals surface area contributed by atoms with Crippen molar-refractivity contribution in [1.82, 2.24) is 4.90 Å². The molecule has 0 spiro atoms. The van der Waals surface area contributed by atoms with Crippen LogP contribution in [0.3, 0.4) is 0 Å². The van der Waals surface area contributed by atoms with Crippen LogP contribution in [0.4, 0.5) is 0 Å². The van der Waals surface area contributed by atoms with E-state index in [1.807, 2.05) is 0 Å². The van der Waals surface area contributed by atoms with Gasteiger partial charge in [0.05, 0.1) is 0 Å². The molecular weight excluding hydrogens is 230 g/mol. The third-order valence-electron chi connectivity index (χ3n) is 3.23. The minimum absolute atomic E-state index is 0.0262. The highest BCUT2D eigenvalue weighted by atomic mass is 16.5. The van der Waals surface area contributed by atoms with Gasteiger partial charge in [-0.2, -0.15) is 0 Å². The van der Waals surface area contributed by atoms with Crippen LogP contribution in [0.1, 0.15) is 29.6 Å². The van der Waals surface area contributed by atoms with E-state index >= 15 is 0 Å². The predicted molar refractivity (Wildman–Crippen MR) is 69.3 cm³/mol. The highest BCUT2D eigenvalue weighted by Gasteiger charge is 2.10. The summed E-state index contributed by atoms with van der Waals surface area (Å²) in [7, 11) is 0. The highest BCUT2D eigenvalue weighted by molar-refractivity contribution is 5.76. The summed E-state index contributed by atoms with van der Waals surface area (Å²) in [5.41, 5.74) is 0.455. The van der Waals surface area contributed by atoms with Crippen molar-refractivity contribution >= 4 is 6.29 Å². The molecule has 1 fully saturated rings. The molecule has 0 aromatic heterocycles. The van der Waals surface area contributed by atoms with Gasteiger partial charge in [0.2, 0.25) is 0 Å². The normalized spacial score (nSPS) is 16.4. The maximum absolute atomic E-state index is 10.5. The molecule has 1 heterocycles. The largest absolute Gasteiger partial charge is 0.504 e. The molecule has 0 unspecified atom stereocenters. The zero-order valence-electron chi connectivity index (χ0n) is 10.5. The van der Waals surface area contributed by atoms with Crippen molar-refractivity contribution in [1.29, 1.82) is 0 Å². The van der Waals surface area contributed by atoms with Gasteiger partial charge in [0.1, 0.15) is 12.9 Å². The summed E-state index contributed by atoms with van der Waals surface area (Å²) >= 11 is 0. The number of rotatable bonds is 5. The van der Waals surface area contributed by atoms with Gasteiger partial charge in [0.15, 0.2) is 11.5 Å². The van der Waals surface area contributed by atoms with Gasteiger partial charge >= 0.3 is 0 Å². The van der Waals surface area contributed by atoms with E-state index in [1.54, 1.807) is 12.1 Å². The summed E-state index contributed by atoms with van der Waals surface area (Å²) in [5, 5.41) is 9.66. The summed E-state index contributed by atoms with van der Waals surface area (Å²) in [6.07, 6.45) is 4.56. The van der Waals surface area contributed by atoms with Crippen molar-refractivity contribution in [3.05, 3.63) is 23.8 Å². The lowest BCUT2D eigenvalue weighted by Gasteiger charge is -2.26. The van der Waals surface area contributed by atoms with Gasteiger partial charge in [-0.25, -0.2) is 0 Å². The Morgan fingerprint density at radius 3 is 2.72 bits per heavy atom. The van der Waals surface area contributed by atoms with Crippen LogP contribution in [-0.2, 0) is 0 Å². The molecular formula is C14H19NO3. The van der Waals surface area contributed by atoms with E-state index in [-0.39, 0.29) is 5.75 Å². The van der Waals surface area contributed by atoms with Crippen LogP contribution in [-0.4, -0.2) is 42.5 Å². The zero-order valence-corrected chi connectivity index (χ0v) is 10.5. The van der Waals surface area contributed by atoms with E-state index in [9.17, 15) is 9.90 Å². The second-order valence-corrected chi connectivity index (χ2v) is 4.60. The third-order valence-corrected chi connectivity index (χ3v) is 3.23. The number of piperidine rings is 1. The Hall–Kier alpha value is -1.55. The lowest BCUT2D eigenvalue weighted by molar-refractivity contribution is 0.112. The second kappa shape index (κ2) is 6.40. The number of nitrogens with zero attached hydrogens (tertiary/aromatic N) is 1. The fourth-order valence-electron chi connectivity index (χ4n) is 2.20. The molecule has 1 aromatic rings. The van der Waals surface area contributed by atoms with Crippen LogP contribution in [0.15, 0.2) is 18.2 Å². The monoisotopic (exact) mass is 249 g/mol. The van der Waals surface area contributed by atoms with Crippen LogP contribution >= 0.6 is 0 Å². The van der Waals surface area contributed by atoms with E-state index in [2.05, 4.69) is 4.90 Å². The molecule has 1 aliphatic heterocycles. The van der Waals surface area contributed by atoms with Gasteiger partial charge in [0, 0.05) is 12.1 Å². The highest BCUT2D eigenvalue weighted by Crippen LogP contribution is 2.26. The van der Waals surface area contributed by atoms with Crippen molar-refractivity contribution in [2.24, 2.45) is 0 Å². The quantitative estimate of drug-likeness (QED) is 0.812. The van der Waals surface area contributed by atoms with Crippen LogP contribution < -0.4 is 4.74 Å². The lowest BCUT2D eigenvalue weighted by atomic mass is 10.1. The maximum atomic E-state index is 10.5. The molecule has 1 aromatic carbocycles. The van der Waals surface area contributed by atoms with E-state index in [0.717, 1.165) is 19.6 Å². The maximum Gasteiger partial charge on any atom is 0.161 e. The van der Waals surface area contributed by atoms with Gasteiger partial charge in [-0.15, -0.1) is 0 Å². The molecule has 4 heteroatoms. The van der Waals surface area contributed by atoms with Crippen LogP contribution in [0.5, 0.6) is 11.5 Å². The Balaban J connectivity index is 1.80. The Morgan fingerprint density at radius 2 is 2.06 bits per heavy atom. The van der Waals surface area contributed by atoms with E-state index < -0.39 is 0 Å². The molecule has 1 saturated heterocycles. The number of ether oxygens (including phenoxy) is 1. The van der Waals surface area contributed by atoms with Crippen molar-refractivity contribution in [2.75, 3.05) is 26.2 Å². The number of phenolic OH excluding ortho intramolecular Hbond substituents is 1. The van der Waals surface area contributed by atoms with Crippen LogP contribution in [0.25, 0.3) is 0 Å². The predicted octanol–water partition coefficient (Wildman–Crippen LogP) is 2.07. The number of aromatic hydroxyl groups is 1. The SMILES string of the molecule is O=Cc1ccc(OCCN2CCCCC2)c(O)c1. The number of phenols is 1. The molecule has 18 heavy (non-hydrogen) atoms. The second-order valence-electron chi connectivity index (χ2n) is 4.60. The fraction of sp³-hybridized carbons (Fsp3) is 0.500. The zero-order chi connectivity index (χ0) is 12.8. The first kappa shape index (κ1) is 12.9. The Morgan fingerprint density at radius 1 is 1.28 bits per heavy atom. The number of likely N-dealkylation sites (tertiary alicyclic amines) is 1. The van der Waals surface area contributed by atoms with Crippen molar-refractivity contribution in [2.45, 2.75) is 19.3 Å². The van der Waals surface area contributed by atoms with Crippen LogP contribution in [0.2, 0.25) is 0 Å². The summed E-state index contributed by atoms with van der Waals surface area (Å²) in [6.45, 7) is 3.72. The molecule has 4 nitrogen and oxygen atoms in total. The van der Waals surface area contributed by atoms with Gasteiger partial charge in [-0.05, 0) is 44.1 Å². The van der Waals surface area contributed by atoms with E-state index in [0.29, 0.717) is 24.2 Å². The average Bonchev–Trinajstić information content (AvgIpc) is 2.42. The molecule has 98 valence electrons. The number of carbonyl (C=O) groups is 1. The topological polar surface area (TPSA) is 49.8 Å². The standard InChI is InChI=1S/C14H19NO3/c16-11-12-4-5-14(13(17)10-12)18-9-8-15-6-2-1-3-7-15/h4-5,10-11,17H,1-3,6-9H2. The number of benzene rings is 1. The molecule has 0 radical (unpaired) electrons. The molecule has 0 bridgehead atoms. The number of aldehydes is 1. The molecule has 1 N–H and O–H groups in total. The first-order chi connectivity index (χ1) is 8.79. The third kappa shape index (κ3) is 3.47. The summed E-state index contributed by atoms with van der Waals surface area (Å²) in [5.74, 6) is 0.468. The summed E-state index contributed by atoms with van der Waals surface area (Å²) in [6, 6.07) is 4.70. The van der Waals surface area contributed by atoms with Gasteiger partial charge < -0.3 is 9.84 Å². The molecule has 0 aliphatic carbocycles. The van der Waals surface area contributed by atoms with Crippen molar-refractivity contribution in [3.8, 4) is 11.5 Å². The number of hydrogen-bond acceptors (Lipinski definition) is 4. The number of hydrogen-bond donors (Lipinski definition) is 1. The van der Waals surface area contributed by atoms with Crippen molar-refractivity contribution < 1.29 is 14.6 Å². The van der Waals surface area contributed by atoms with Crippen LogP contribution in [0, 0.1) is 0 Å². The van der Waals surface area contributed by atoms with E-state index in [4.69, 9.17) is 4.74 Å². The smallest absolute Gasteiger partial charge is 0.161 e. The summed E-state index contributed by atoms with van der Waals surface area (Å²) in [4.78, 5) is 12.9. The average molecular weight is 249 g/mol. The Bertz CT molecular complexity index is 400. The van der Waals surface area contributed by atoms with Gasteiger partial charge in [0.25, 0.3) is 0 Å². The molecule has 0 amide bonds. The lowest BCUT2D eigenvalue weighted by Crippen LogP contribution is -2.33. The molecule has 0 saturated carbocycles. The minimum atomic E-state index is 0.0262. The first-order valence-electron chi connectivity index (χ1n) is 6.43. The molecule has 1 aliphatic rings. The summed E-state index contributed by atoms with van der Waals surface area (Å²) < 4.78 is 5.53. The number of carbonyl (C=O) groups excluding carboxylic acids is 1. The molecule has 0 atom stereocenters. The Labute approximate surface area is 107 Å². The van der Waals surface area contributed by atoms with Gasteiger partial charge in [-0.3, -0.25) is 9.69 Å². The fourth-order valence-corrected chi connectivity index (χ4v) is 2.20. The molecule has 2 rings (SSSR count). The minimum Gasteiger partial charge on any atom is -0.504 e. The van der Waals surface area contributed by atoms with Crippen molar-refractivity contribution in [3.63, 3.8) is 0 Å². The Kier molecular flexibility index (Phi) is 4.59. The first-order valence-corrected chi connectivity index (χ1v) is 6.43. The van der Waals surface area contributed by atoms with Gasteiger partial charge in [-0.1, -0.05) is 6.42 Å².